The van der Waals surface area contributed by atoms with Crippen LogP contribution in [0.15, 0.2) is 47.4 Å². The Morgan fingerprint density at radius 2 is 1.96 bits per heavy atom. The first kappa shape index (κ1) is 17.1. The molecule has 0 spiro atoms. The monoisotopic (exact) mass is 381 g/mol. The average molecular weight is 382 g/mol. The Morgan fingerprint density at radius 1 is 1.21 bits per heavy atom. The maximum Gasteiger partial charge on any atom is 0.305 e. The van der Waals surface area contributed by atoms with E-state index < -0.39 is 11.2 Å². The summed E-state index contributed by atoms with van der Waals surface area (Å²) in [5.74, 6) is -1.23. The number of hydrogen-bond donors (Lipinski definition) is 1. The van der Waals surface area contributed by atoms with E-state index in [1.165, 1.54) is 11.8 Å². The van der Waals surface area contributed by atoms with E-state index in [1.54, 1.807) is 23.1 Å². The minimum atomic E-state index is -0.996. The summed E-state index contributed by atoms with van der Waals surface area (Å²) in [4.78, 5) is 26.3. The van der Waals surface area contributed by atoms with Crippen molar-refractivity contribution in [2.24, 2.45) is 0 Å². The third-order valence-electron chi connectivity index (χ3n) is 3.67. The van der Waals surface area contributed by atoms with Crippen molar-refractivity contribution in [1.29, 1.82) is 0 Å². The summed E-state index contributed by atoms with van der Waals surface area (Å²) in [5, 5.41) is 9.41. The molecule has 0 aromatic heterocycles. The molecule has 24 heavy (non-hydrogen) atoms. The van der Waals surface area contributed by atoms with Crippen LogP contribution >= 0.6 is 35.0 Å². The molecule has 7 heteroatoms. The minimum Gasteiger partial charge on any atom is -0.481 e. The molecule has 2 aromatic rings. The van der Waals surface area contributed by atoms with Gasteiger partial charge in [-0.1, -0.05) is 41.4 Å². The molecular weight excluding hydrogens is 369 g/mol. The fourth-order valence-electron chi connectivity index (χ4n) is 2.55. The van der Waals surface area contributed by atoms with E-state index in [0.717, 1.165) is 16.1 Å². The van der Waals surface area contributed by atoms with E-state index >= 15 is 0 Å². The fourth-order valence-corrected chi connectivity index (χ4v) is 4.23. The number of thioether (sulfide) groups is 1. The van der Waals surface area contributed by atoms with Gasteiger partial charge in [0.1, 0.15) is 0 Å². The highest BCUT2D eigenvalue weighted by atomic mass is 35.5. The summed E-state index contributed by atoms with van der Waals surface area (Å²) in [6.45, 7) is 0.266. The molecule has 1 N–H and O–H groups in total. The zero-order chi connectivity index (χ0) is 17.3. The van der Waals surface area contributed by atoms with Crippen LogP contribution in [0, 0.1) is 0 Å². The maximum atomic E-state index is 12.8. The number of rotatable bonds is 4. The zero-order valence-corrected chi connectivity index (χ0v) is 14.7. The lowest BCUT2D eigenvalue weighted by molar-refractivity contribution is -0.138. The first-order valence-electron chi connectivity index (χ1n) is 7.18. The first-order valence-corrected chi connectivity index (χ1v) is 8.82. The van der Waals surface area contributed by atoms with Crippen molar-refractivity contribution in [1.82, 2.24) is 0 Å². The molecular formula is C17H13Cl2NO3S. The first-order chi connectivity index (χ1) is 11.5. The second kappa shape index (κ2) is 7.05. The summed E-state index contributed by atoms with van der Waals surface area (Å²) >= 11 is 13.4. The number of aliphatic carboxylic acids is 1. The van der Waals surface area contributed by atoms with Crippen molar-refractivity contribution < 1.29 is 14.7 Å². The number of hydrogen-bond acceptors (Lipinski definition) is 3. The maximum absolute atomic E-state index is 12.8. The van der Waals surface area contributed by atoms with Crippen molar-refractivity contribution in [2.45, 2.75) is 23.1 Å². The molecule has 0 saturated heterocycles. The summed E-state index contributed by atoms with van der Waals surface area (Å²) in [6.07, 6.45) is -0.220. The Kier molecular flexibility index (Phi) is 5.04. The molecule has 124 valence electrons. The molecule has 3 rings (SSSR count). The van der Waals surface area contributed by atoms with E-state index in [4.69, 9.17) is 28.3 Å². The Balaban J connectivity index is 1.97. The third-order valence-corrected chi connectivity index (χ3v) is 5.51. The van der Waals surface area contributed by atoms with Crippen LogP contribution < -0.4 is 4.90 Å². The molecule has 1 aliphatic heterocycles. The van der Waals surface area contributed by atoms with Gasteiger partial charge in [-0.25, -0.2) is 0 Å². The molecule has 4 nitrogen and oxygen atoms in total. The highest BCUT2D eigenvalue weighted by molar-refractivity contribution is 8.01. The van der Waals surface area contributed by atoms with Gasteiger partial charge in [0, 0.05) is 14.9 Å². The molecule has 1 amide bonds. The van der Waals surface area contributed by atoms with Crippen LogP contribution in [0.5, 0.6) is 0 Å². The van der Waals surface area contributed by atoms with Gasteiger partial charge in [-0.05, 0) is 29.8 Å². The van der Waals surface area contributed by atoms with Gasteiger partial charge in [-0.2, -0.15) is 0 Å². The molecule has 1 unspecified atom stereocenters. The average Bonchev–Trinajstić information content (AvgIpc) is 2.53. The van der Waals surface area contributed by atoms with E-state index in [0.29, 0.717) is 10.0 Å². The lowest BCUT2D eigenvalue weighted by Gasteiger charge is -2.33. The summed E-state index contributed by atoms with van der Waals surface area (Å²) < 4.78 is 0. The number of carbonyl (C=O) groups excluding carboxylic acids is 1. The van der Waals surface area contributed by atoms with Gasteiger partial charge in [0.15, 0.2) is 0 Å². The molecule has 0 radical (unpaired) electrons. The molecule has 0 aliphatic carbocycles. The predicted octanol–water partition coefficient (Wildman–Crippen LogP) is 4.48. The highest BCUT2D eigenvalue weighted by Crippen LogP contribution is 2.41. The van der Waals surface area contributed by atoms with Crippen molar-refractivity contribution in [2.75, 3.05) is 4.90 Å². The van der Waals surface area contributed by atoms with Crippen LogP contribution in [-0.4, -0.2) is 22.2 Å². The van der Waals surface area contributed by atoms with Crippen molar-refractivity contribution in [3.05, 3.63) is 58.1 Å². The van der Waals surface area contributed by atoms with Crippen LogP contribution in [0.2, 0.25) is 10.0 Å². The summed E-state index contributed by atoms with van der Waals surface area (Å²) in [5.41, 5.74) is 1.52. The fraction of sp³-hybridized carbons (Fsp3) is 0.176. The normalized spacial score (nSPS) is 16.8. The van der Waals surface area contributed by atoms with Crippen LogP contribution in [0.1, 0.15) is 12.0 Å². The van der Waals surface area contributed by atoms with Crippen molar-refractivity contribution in [3.63, 3.8) is 0 Å². The van der Waals surface area contributed by atoms with Gasteiger partial charge in [0.25, 0.3) is 0 Å². The summed E-state index contributed by atoms with van der Waals surface area (Å²) in [6, 6.07) is 12.6. The molecule has 0 bridgehead atoms. The molecule has 0 fully saturated rings. The molecule has 1 aliphatic rings. The van der Waals surface area contributed by atoms with Crippen molar-refractivity contribution >= 4 is 52.5 Å². The van der Waals surface area contributed by atoms with Gasteiger partial charge in [0.2, 0.25) is 5.91 Å². The number of carbonyl (C=O) groups is 2. The second-order valence-electron chi connectivity index (χ2n) is 5.33. The van der Waals surface area contributed by atoms with Gasteiger partial charge < -0.3 is 10.0 Å². The van der Waals surface area contributed by atoms with Crippen LogP contribution in [0.3, 0.4) is 0 Å². The summed E-state index contributed by atoms with van der Waals surface area (Å²) in [7, 11) is 0. The van der Waals surface area contributed by atoms with Gasteiger partial charge >= 0.3 is 5.97 Å². The largest absolute Gasteiger partial charge is 0.481 e. The topological polar surface area (TPSA) is 57.6 Å². The standard InChI is InChI=1S/C17H13Cl2NO3S/c18-11-6-5-10(12(19)7-11)9-20-13-3-1-2-4-14(13)24-15(17(20)23)8-16(21)22/h1-7,15H,8-9H2,(H,21,22). The van der Waals surface area contributed by atoms with Crippen LogP contribution in [-0.2, 0) is 16.1 Å². The molecule has 1 heterocycles. The number of amides is 1. The lowest BCUT2D eigenvalue weighted by atomic mass is 10.1. The predicted molar refractivity (Wildman–Crippen MR) is 96.0 cm³/mol. The van der Waals surface area contributed by atoms with E-state index in [2.05, 4.69) is 0 Å². The number of benzene rings is 2. The number of carboxylic acid groups (broad SMARTS) is 1. The Labute approximate surface area is 153 Å². The van der Waals surface area contributed by atoms with Gasteiger partial charge in [0.05, 0.1) is 23.9 Å². The van der Waals surface area contributed by atoms with E-state index in [-0.39, 0.29) is 18.9 Å². The van der Waals surface area contributed by atoms with E-state index in [1.807, 2.05) is 24.3 Å². The SMILES string of the molecule is O=C(O)CC1Sc2ccccc2N(Cc2ccc(Cl)cc2Cl)C1=O. The second-order valence-corrected chi connectivity index (χ2v) is 7.42. The number of carboxylic acids is 1. The van der Waals surface area contributed by atoms with Gasteiger partial charge in [-0.15, -0.1) is 11.8 Å². The number of anilines is 1. The Hall–Kier alpha value is -1.69. The smallest absolute Gasteiger partial charge is 0.305 e. The Morgan fingerprint density at radius 3 is 2.67 bits per heavy atom. The molecule has 1 atom stereocenters. The number of para-hydroxylation sites is 1. The van der Waals surface area contributed by atoms with Gasteiger partial charge in [-0.3, -0.25) is 9.59 Å². The zero-order valence-electron chi connectivity index (χ0n) is 12.4. The quantitative estimate of drug-likeness (QED) is 0.848. The lowest BCUT2D eigenvalue weighted by Crippen LogP contribution is -2.41. The van der Waals surface area contributed by atoms with Crippen LogP contribution in [0.4, 0.5) is 5.69 Å². The molecule has 0 saturated carbocycles. The number of halogens is 2. The number of fused-ring (bicyclic) bond motifs is 1. The van der Waals surface area contributed by atoms with Crippen LogP contribution in [0.25, 0.3) is 0 Å². The highest BCUT2D eigenvalue weighted by Gasteiger charge is 2.35. The minimum absolute atomic E-state index is 0.220. The van der Waals surface area contributed by atoms with Crippen molar-refractivity contribution in [3.8, 4) is 0 Å². The Bertz CT molecular complexity index is 812. The molecule has 2 aromatic carbocycles. The number of nitrogens with zero attached hydrogens (tertiary/aromatic N) is 1. The third kappa shape index (κ3) is 3.53. The van der Waals surface area contributed by atoms with E-state index in [9.17, 15) is 9.59 Å².